The fourth-order valence-electron chi connectivity index (χ4n) is 3.11. The van der Waals surface area contributed by atoms with Crippen LogP contribution >= 0.6 is 0 Å². The maximum atomic E-state index is 13.1. The Labute approximate surface area is 159 Å². The maximum absolute atomic E-state index is 13.1. The monoisotopic (exact) mass is 367 g/mol. The molecule has 1 aromatic carbocycles. The predicted octanol–water partition coefficient (Wildman–Crippen LogP) is 2.79. The third kappa shape index (κ3) is 5.29. The first-order valence-electron chi connectivity index (χ1n) is 9.36. The minimum atomic E-state index is -0.0676. The Morgan fingerprint density at radius 2 is 2.11 bits per heavy atom. The van der Waals surface area contributed by atoms with Crippen molar-refractivity contribution < 1.29 is 14.3 Å². The number of hydrogen-bond acceptors (Lipinski definition) is 4. The van der Waals surface area contributed by atoms with E-state index in [0.717, 1.165) is 24.2 Å². The highest BCUT2D eigenvalue weighted by molar-refractivity contribution is 5.94. The molecule has 6 nitrogen and oxygen atoms in total. The second-order valence-electron chi connectivity index (χ2n) is 6.72. The Balaban J connectivity index is 1.73. The maximum Gasteiger partial charge on any atom is 0.254 e. The molecule has 1 aliphatic rings. The fraction of sp³-hybridized carbons (Fsp3) is 0.381. The van der Waals surface area contributed by atoms with Crippen LogP contribution in [0.2, 0.25) is 0 Å². The van der Waals surface area contributed by atoms with E-state index in [0.29, 0.717) is 31.7 Å². The number of carbonyl (C=O) groups excluding carboxylic acids is 2. The molecule has 142 valence electrons. The Bertz CT molecular complexity index is 762. The molecule has 6 heteroatoms. The zero-order valence-corrected chi connectivity index (χ0v) is 15.6. The molecule has 1 fully saturated rings. The van der Waals surface area contributed by atoms with E-state index in [4.69, 9.17) is 4.74 Å². The van der Waals surface area contributed by atoms with E-state index in [1.165, 1.54) is 0 Å². The fourth-order valence-corrected chi connectivity index (χ4v) is 3.11. The van der Waals surface area contributed by atoms with Crippen LogP contribution in [-0.2, 0) is 11.3 Å². The van der Waals surface area contributed by atoms with Crippen molar-refractivity contribution in [3.05, 3.63) is 59.9 Å². The van der Waals surface area contributed by atoms with Gasteiger partial charge in [0, 0.05) is 43.5 Å². The van der Waals surface area contributed by atoms with Gasteiger partial charge in [-0.3, -0.25) is 14.6 Å². The summed E-state index contributed by atoms with van der Waals surface area (Å²) in [6, 6.07) is 11.0. The highest BCUT2D eigenvalue weighted by Crippen LogP contribution is 2.17. The second kappa shape index (κ2) is 9.16. The van der Waals surface area contributed by atoms with Gasteiger partial charge in [-0.05, 0) is 48.7 Å². The lowest BCUT2D eigenvalue weighted by Crippen LogP contribution is -2.41. The van der Waals surface area contributed by atoms with E-state index in [1.54, 1.807) is 29.4 Å². The Morgan fingerprint density at radius 3 is 2.74 bits per heavy atom. The number of pyridine rings is 1. The van der Waals surface area contributed by atoms with Crippen molar-refractivity contribution in [2.45, 2.75) is 38.8 Å². The van der Waals surface area contributed by atoms with Crippen LogP contribution in [0.15, 0.2) is 48.8 Å². The molecule has 1 atom stereocenters. The molecule has 2 amide bonds. The Hall–Kier alpha value is -2.89. The number of carbonyl (C=O) groups is 2. The van der Waals surface area contributed by atoms with Crippen molar-refractivity contribution in [3.8, 4) is 5.75 Å². The highest BCUT2D eigenvalue weighted by Gasteiger charge is 2.26. The zero-order valence-electron chi connectivity index (χ0n) is 15.6. The Kier molecular flexibility index (Phi) is 6.41. The largest absolute Gasteiger partial charge is 0.494 e. The highest BCUT2D eigenvalue weighted by atomic mass is 16.5. The van der Waals surface area contributed by atoms with Crippen LogP contribution in [-0.4, -0.2) is 40.9 Å². The molecular formula is C21H25N3O3. The number of rotatable bonds is 8. The van der Waals surface area contributed by atoms with Crippen LogP contribution < -0.4 is 10.1 Å². The van der Waals surface area contributed by atoms with E-state index in [2.05, 4.69) is 17.2 Å². The molecule has 0 unspecified atom stereocenters. The van der Waals surface area contributed by atoms with Crippen LogP contribution in [0.25, 0.3) is 0 Å². The van der Waals surface area contributed by atoms with Gasteiger partial charge in [-0.25, -0.2) is 0 Å². The summed E-state index contributed by atoms with van der Waals surface area (Å²) in [4.78, 5) is 30.5. The number of nitrogens with zero attached hydrogens (tertiary/aromatic N) is 2. The molecule has 1 aromatic heterocycles. The zero-order chi connectivity index (χ0) is 19.1. The first-order chi connectivity index (χ1) is 13.2. The van der Waals surface area contributed by atoms with Crippen LogP contribution in [0.3, 0.4) is 0 Å². The standard InChI is InChI=1S/C21H25N3O3/c1-2-12-27-19-8-5-17(6-9-19)21(26)24(14-16-4-3-11-22-13-16)15-18-7-10-20(25)23-18/h3-6,8-9,11,13,18H,2,7,10,12,14-15H2,1H3,(H,23,25)/t18-/m0/s1. The summed E-state index contributed by atoms with van der Waals surface area (Å²) in [6.45, 7) is 3.64. The summed E-state index contributed by atoms with van der Waals surface area (Å²) in [5.41, 5.74) is 1.56. The van der Waals surface area contributed by atoms with Gasteiger partial charge in [0.2, 0.25) is 5.91 Å². The third-order valence-corrected chi connectivity index (χ3v) is 4.48. The molecule has 0 aliphatic carbocycles. The van der Waals surface area contributed by atoms with Gasteiger partial charge in [0.25, 0.3) is 5.91 Å². The average molecular weight is 367 g/mol. The van der Waals surface area contributed by atoms with Crippen molar-refractivity contribution >= 4 is 11.8 Å². The normalized spacial score (nSPS) is 16.0. The first-order valence-corrected chi connectivity index (χ1v) is 9.36. The minimum Gasteiger partial charge on any atom is -0.494 e. The van der Waals surface area contributed by atoms with Gasteiger partial charge < -0.3 is 15.0 Å². The lowest BCUT2D eigenvalue weighted by molar-refractivity contribution is -0.119. The minimum absolute atomic E-state index is 0.00900. The van der Waals surface area contributed by atoms with Crippen molar-refractivity contribution in [1.82, 2.24) is 15.2 Å². The van der Waals surface area contributed by atoms with Crippen molar-refractivity contribution in [2.24, 2.45) is 0 Å². The van der Waals surface area contributed by atoms with Gasteiger partial charge in [-0.1, -0.05) is 13.0 Å². The predicted molar refractivity (Wildman–Crippen MR) is 102 cm³/mol. The quantitative estimate of drug-likeness (QED) is 0.779. The second-order valence-corrected chi connectivity index (χ2v) is 6.72. The number of ether oxygens (including phenoxy) is 1. The number of aromatic nitrogens is 1. The molecule has 1 aliphatic heterocycles. The van der Waals surface area contributed by atoms with E-state index in [-0.39, 0.29) is 17.9 Å². The molecule has 27 heavy (non-hydrogen) atoms. The lowest BCUT2D eigenvalue weighted by atomic mass is 10.1. The van der Waals surface area contributed by atoms with Gasteiger partial charge in [0.05, 0.1) is 6.61 Å². The van der Waals surface area contributed by atoms with Crippen molar-refractivity contribution in [3.63, 3.8) is 0 Å². The van der Waals surface area contributed by atoms with Gasteiger partial charge in [-0.2, -0.15) is 0 Å². The van der Waals surface area contributed by atoms with Gasteiger partial charge in [0.15, 0.2) is 0 Å². The molecule has 0 bridgehead atoms. The SMILES string of the molecule is CCCOc1ccc(C(=O)N(Cc2cccnc2)C[C@@H]2CCC(=O)N2)cc1. The lowest BCUT2D eigenvalue weighted by Gasteiger charge is -2.26. The molecule has 0 saturated carbocycles. The number of nitrogens with one attached hydrogen (secondary N) is 1. The van der Waals surface area contributed by atoms with E-state index in [9.17, 15) is 9.59 Å². The van der Waals surface area contributed by atoms with Crippen LogP contribution in [0, 0.1) is 0 Å². The van der Waals surface area contributed by atoms with Crippen LogP contribution in [0.4, 0.5) is 0 Å². The smallest absolute Gasteiger partial charge is 0.254 e. The summed E-state index contributed by atoms with van der Waals surface area (Å²) in [5.74, 6) is 0.739. The third-order valence-electron chi connectivity index (χ3n) is 4.48. The molecule has 2 heterocycles. The summed E-state index contributed by atoms with van der Waals surface area (Å²) in [7, 11) is 0. The van der Waals surface area contributed by atoms with Gasteiger partial charge in [0.1, 0.15) is 5.75 Å². The van der Waals surface area contributed by atoms with Crippen molar-refractivity contribution in [1.29, 1.82) is 0 Å². The van der Waals surface area contributed by atoms with Crippen LogP contribution in [0.1, 0.15) is 42.1 Å². The average Bonchev–Trinajstić information content (AvgIpc) is 3.11. The summed E-state index contributed by atoms with van der Waals surface area (Å²) < 4.78 is 5.58. The molecule has 0 spiro atoms. The topological polar surface area (TPSA) is 71.5 Å². The van der Waals surface area contributed by atoms with Gasteiger partial charge in [-0.15, -0.1) is 0 Å². The van der Waals surface area contributed by atoms with E-state index in [1.807, 2.05) is 24.3 Å². The number of amides is 2. The summed E-state index contributed by atoms with van der Waals surface area (Å²) in [6.07, 6.45) is 5.67. The molecule has 1 saturated heterocycles. The number of hydrogen-bond donors (Lipinski definition) is 1. The van der Waals surface area contributed by atoms with E-state index >= 15 is 0 Å². The molecule has 0 radical (unpaired) electrons. The number of benzene rings is 1. The molecule has 2 aromatic rings. The molecule has 3 rings (SSSR count). The molecule has 1 N–H and O–H groups in total. The van der Waals surface area contributed by atoms with E-state index < -0.39 is 0 Å². The van der Waals surface area contributed by atoms with Gasteiger partial charge >= 0.3 is 0 Å². The first kappa shape index (κ1) is 18.9. The Morgan fingerprint density at radius 1 is 1.30 bits per heavy atom. The summed E-state index contributed by atoms with van der Waals surface area (Å²) in [5, 5.41) is 2.94. The van der Waals surface area contributed by atoms with Crippen molar-refractivity contribution in [2.75, 3.05) is 13.2 Å². The summed E-state index contributed by atoms with van der Waals surface area (Å²) >= 11 is 0. The van der Waals surface area contributed by atoms with Crippen LogP contribution in [0.5, 0.6) is 5.75 Å². The molecular weight excluding hydrogens is 342 g/mol.